The molecule has 1 unspecified atom stereocenters. The number of nitrogens with two attached hydrogens (primary N) is 1. The Labute approximate surface area is 94.8 Å². The highest BCUT2D eigenvalue weighted by molar-refractivity contribution is 6.31. The molecular formula is C11H16ClFN2. The fraction of sp³-hybridized carbons (Fsp3) is 0.455. The van der Waals surface area contributed by atoms with Gasteiger partial charge in [0.15, 0.2) is 0 Å². The molecule has 0 saturated heterocycles. The zero-order valence-corrected chi connectivity index (χ0v) is 9.76. The van der Waals surface area contributed by atoms with Crippen LogP contribution >= 0.6 is 11.6 Å². The average Bonchev–Trinajstić information content (AvgIpc) is 2.22. The second-order valence-electron chi connectivity index (χ2n) is 3.70. The smallest absolute Gasteiger partial charge is 0.129 e. The average molecular weight is 231 g/mol. The van der Waals surface area contributed by atoms with Crippen LogP contribution in [0.2, 0.25) is 5.02 Å². The Kier molecular flexibility index (Phi) is 4.51. The highest BCUT2D eigenvalue weighted by atomic mass is 35.5. The van der Waals surface area contributed by atoms with E-state index in [9.17, 15) is 4.39 Å². The number of benzene rings is 1. The SMILES string of the molecule is CC(CN)N(C)Cc1c(F)cccc1Cl. The van der Waals surface area contributed by atoms with Crippen LogP contribution < -0.4 is 5.73 Å². The molecule has 0 amide bonds. The summed E-state index contributed by atoms with van der Waals surface area (Å²) >= 11 is 5.92. The van der Waals surface area contributed by atoms with Gasteiger partial charge >= 0.3 is 0 Å². The molecular weight excluding hydrogens is 215 g/mol. The molecule has 0 saturated carbocycles. The van der Waals surface area contributed by atoms with Crippen molar-refractivity contribution >= 4 is 11.6 Å². The zero-order chi connectivity index (χ0) is 11.4. The summed E-state index contributed by atoms with van der Waals surface area (Å²) in [6.45, 7) is 3.02. The second-order valence-corrected chi connectivity index (χ2v) is 4.11. The minimum atomic E-state index is -0.265. The normalized spacial score (nSPS) is 13.2. The van der Waals surface area contributed by atoms with Crippen LogP contribution in [0.5, 0.6) is 0 Å². The van der Waals surface area contributed by atoms with Gasteiger partial charge in [0.1, 0.15) is 5.82 Å². The Morgan fingerprint density at radius 1 is 1.53 bits per heavy atom. The summed E-state index contributed by atoms with van der Waals surface area (Å²) in [4.78, 5) is 1.98. The second kappa shape index (κ2) is 5.45. The molecule has 0 aromatic heterocycles. The Morgan fingerprint density at radius 2 is 2.20 bits per heavy atom. The van der Waals surface area contributed by atoms with E-state index in [0.717, 1.165) is 0 Å². The van der Waals surface area contributed by atoms with Crippen molar-refractivity contribution in [3.63, 3.8) is 0 Å². The zero-order valence-electron chi connectivity index (χ0n) is 9.00. The first-order valence-electron chi connectivity index (χ1n) is 4.89. The molecule has 0 radical (unpaired) electrons. The molecule has 0 aliphatic rings. The van der Waals surface area contributed by atoms with Crippen molar-refractivity contribution in [3.05, 3.63) is 34.6 Å². The number of hydrogen-bond acceptors (Lipinski definition) is 2. The summed E-state index contributed by atoms with van der Waals surface area (Å²) < 4.78 is 13.4. The molecule has 0 bridgehead atoms. The number of hydrogen-bond donors (Lipinski definition) is 1. The molecule has 84 valence electrons. The van der Waals surface area contributed by atoms with Crippen LogP contribution in [-0.4, -0.2) is 24.5 Å². The van der Waals surface area contributed by atoms with Crippen LogP contribution in [0.3, 0.4) is 0 Å². The van der Waals surface area contributed by atoms with Crippen LogP contribution in [0.1, 0.15) is 12.5 Å². The summed E-state index contributed by atoms with van der Waals surface area (Å²) in [6, 6.07) is 4.93. The van der Waals surface area contributed by atoms with E-state index in [2.05, 4.69) is 0 Å². The molecule has 0 aliphatic heterocycles. The van der Waals surface area contributed by atoms with Gasteiger partial charge in [-0.25, -0.2) is 4.39 Å². The first kappa shape index (κ1) is 12.4. The monoisotopic (exact) mass is 230 g/mol. The lowest BCUT2D eigenvalue weighted by Crippen LogP contribution is -2.35. The maximum absolute atomic E-state index is 13.4. The van der Waals surface area contributed by atoms with Gasteiger partial charge in [-0.1, -0.05) is 17.7 Å². The van der Waals surface area contributed by atoms with Crippen LogP contribution in [-0.2, 0) is 6.54 Å². The number of halogens is 2. The molecule has 0 fully saturated rings. The van der Waals surface area contributed by atoms with Crippen LogP contribution in [0.4, 0.5) is 4.39 Å². The molecule has 15 heavy (non-hydrogen) atoms. The third-order valence-electron chi connectivity index (χ3n) is 2.56. The van der Waals surface area contributed by atoms with E-state index in [0.29, 0.717) is 23.7 Å². The standard InChI is InChI=1S/C11H16ClFN2/c1-8(6-14)15(2)7-9-10(12)4-3-5-11(9)13/h3-5,8H,6-7,14H2,1-2H3. The number of rotatable bonds is 4. The van der Waals surface area contributed by atoms with Crippen molar-refractivity contribution in [2.45, 2.75) is 19.5 Å². The molecule has 1 aromatic rings. The van der Waals surface area contributed by atoms with Crippen molar-refractivity contribution in [3.8, 4) is 0 Å². The fourth-order valence-electron chi connectivity index (χ4n) is 1.27. The molecule has 4 heteroatoms. The van der Waals surface area contributed by atoms with Gasteiger partial charge in [0.2, 0.25) is 0 Å². The van der Waals surface area contributed by atoms with Crippen molar-refractivity contribution < 1.29 is 4.39 Å². The topological polar surface area (TPSA) is 29.3 Å². The van der Waals surface area contributed by atoms with E-state index in [1.807, 2.05) is 18.9 Å². The molecule has 2 N–H and O–H groups in total. The Morgan fingerprint density at radius 3 is 2.73 bits per heavy atom. The Balaban J connectivity index is 2.80. The largest absolute Gasteiger partial charge is 0.329 e. The molecule has 2 nitrogen and oxygen atoms in total. The predicted molar refractivity (Wildman–Crippen MR) is 61.4 cm³/mol. The number of nitrogens with zero attached hydrogens (tertiary/aromatic N) is 1. The van der Waals surface area contributed by atoms with E-state index in [1.165, 1.54) is 6.07 Å². The van der Waals surface area contributed by atoms with E-state index in [4.69, 9.17) is 17.3 Å². The van der Waals surface area contributed by atoms with Gasteiger partial charge in [-0.15, -0.1) is 0 Å². The quantitative estimate of drug-likeness (QED) is 0.860. The molecule has 0 aliphatic carbocycles. The lowest BCUT2D eigenvalue weighted by atomic mass is 10.2. The van der Waals surface area contributed by atoms with Gasteiger partial charge in [0.25, 0.3) is 0 Å². The predicted octanol–water partition coefficient (Wildman–Crippen LogP) is 2.26. The van der Waals surface area contributed by atoms with Crippen molar-refractivity contribution in [1.29, 1.82) is 0 Å². The van der Waals surface area contributed by atoms with Gasteiger partial charge in [0.05, 0.1) is 0 Å². The fourth-order valence-corrected chi connectivity index (χ4v) is 1.49. The van der Waals surface area contributed by atoms with Gasteiger partial charge in [-0.05, 0) is 26.1 Å². The Hall–Kier alpha value is -0.640. The minimum Gasteiger partial charge on any atom is -0.329 e. The summed E-state index contributed by atoms with van der Waals surface area (Å²) in [6.07, 6.45) is 0. The first-order chi connectivity index (χ1) is 7.06. The van der Waals surface area contributed by atoms with Gasteiger partial charge < -0.3 is 5.73 Å². The third kappa shape index (κ3) is 3.16. The summed E-state index contributed by atoms with van der Waals surface area (Å²) in [5.41, 5.74) is 6.06. The minimum absolute atomic E-state index is 0.209. The molecule has 1 rings (SSSR count). The lowest BCUT2D eigenvalue weighted by molar-refractivity contribution is 0.251. The maximum Gasteiger partial charge on any atom is 0.129 e. The van der Waals surface area contributed by atoms with Crippen molar-refractivity contribution in [1.82, 2.24) is 4.90 Å². The summed E-state index contributed by atoms with van der Waals surface area (Å²) in [5.74, 6) is -0.265. The van der Waals surface area contributed by atoms with E-state index in [1.54, 1.807) is 12.1 Å². The van der Waals surface area contributed by atoms with Crippen molar-refractivity contribution in [2.75, 3.05) is 13.6 Å². The third-order valence-corrected chi connectivity index (χ3v) is 2.92. The first-order valence-corrected chi connectivity index (χ1v) is 5.27. The van der Waals surface area contributed by atoms with Crippen LogP contribution in [0.25, 0.3) is 0 Å². The lowest BCUT2D eigenvalue weighted by Gasteiger charge is -2.23. The van der Waals surface area contributed by atoms with E-state index >= 15 is 0 Å². The number of likely N-dealkylation sites (N-methyl/N-ethyl adjacent to an activating group) is 1. The van der Waals surface area contributed by atoms with Gasteiger partial charge in [-0.2, -0.15) is 0 Å². The molecule has 1 atom stereocenters. The van der Waals surface area contributed by atoms with Crippen molar-refractivity contribution in [2.24, 2.45) is 5.73 Å². The summed E-state index contributed by atoms with van der Waals surface area (Å²) in [5, 5.41) is 0.464. The van der Waals surface area contributed by atoms with Crippen LogP contribution in [0, 0.1) is 5.82 Å². The Bertz CT molecular complexity index is 310. The highest BCUT2D eigenvalue weighted by Gasteiger charge is 2.12. The van der Waals surface area contributed by atoms with Gasteiger partial charge in [-0.3, -0.25) is 4.90 Å². The highest BCUT2D eigenvalue weighted by Crippen LogP contribution is 2.20. The van der Waals surface area contributed by atoms with Gasteiger partial charge in [0, 0.05) is 29.7 Å². The molecule has 0 heterocycles. The van der Waals surface area contributed by atoms with E-state index < -0.39 is 0 Å². The maximum atomic E-state index is 13.4. The molecule has 0 spiro atoms. The summed E-state index contributed by atoms with van der Waals surface area (Å²) in [7, 11) is 1.90. The molecule has 1 aromatic carbocycles. The van der Waals surface area contributed by atoms with Crippen LogP contribution in [0.15, 0.2) is 18.2 Å². The van der Waals surface area contributed by atoms with E-state index in [-0.39, 0.29) is 11.9 Å².